The molecule has 0 amide bonds. The second-order valence-corrected chi connectivity index (χ2v) is 14.0. The molecule has 0 radical (unpaired) electrons. The van der Waals surface area contributed by atoms with Gasteiger partial charge in [0.1, 0.15) is 0 Å². The summed E-state index contributed by atoms with van der Waals surface area (Å²) >= 11 is 1.83. The molecule has 0 unspecified atom stereocenters. The number of hydrogen-bond donors (Lipinski definition) is 0. The molecule has 0 saturated heterocycles. The van der Waals surface area contributed by atoms with E-state index in [1.54, 1.807) is 0 Å². The van der Waals surface area contributed by atoms with E-state index in [0.717, 1.165) is 33.5 Å². The Morgan fingerprint density at radius 2 is 1.26 bits per heavy atom. The molecule has 47 heavy (non-hydrogen) atoms. The minimum Gasteiger partial charge on any atom is -0.277 e. The lowest BCUT2D eigenvalue weighted by molar-refractivity contribution is 0.661. The molecule has 0 atom stereocenters. The van der Waals surface area contributed by atoms with E-state index in [-0.39, 0.29) is 5.41 Å². The summed E-state index contributed by atoms with van der Waals surface area (Å²) in [4.78, 5) is 10.8. The first-order valence-electron chi connectivity index (χ1n) is 16.1. The Balaban J connectivity index is 1.34. The van der Waals surface area contributed by atoms with E-state index in [9.17, 15) is 0 Å². The van der Waals surface area contributed by atoms with Gasteiger partial charge in [-0.25, -0.2) is 9.97 Å². The van der Waals surface area contributed by atoms with Gasteiger partial charge in [-0.3, -0.25) is 4.57 Å². The smallest absolute Gasteiger partial charge is 0.235 e. The van der Waals surface area contributed by atoms with Gasteiger partial charge in [-0.15, -0.1) is 11.3 Å². The molecule has 0 fully saturated rings. The fourth-order valence-corrected chi connectivity index (χ4v) is 9.05. The van der Waals surface area contributed by atoms with Gasteiger partial charge in [0.25, 0.3) is 0 Å². The highest BCUT2D eigenvalue weighted by molar-refractivity contribution is 7.26. The number of thiophene rings is 1. The summed E-state index contributed by atoms with van der Waals surface area (Å²) in [5.74, 6) is 0.682. The Morgan fingerprint density at radius 1 is 0.553 bits per heavy atom. The van der Waals surface area contributed by atoms with Crippen LogP contribution in [0.25, 0.3) is 81.6 Å². The van der Waals surface area contributed by atoms with E-state index in [0.29, 0.717) is 5.95 Å². The Labute approximate surface area is 276 Å². The quantitative estimate of drug-likeness (QED) is 0.197. The lowest BCUT2D eigenvalue weighted by atomic mass is 9.82. The van der Waals surface area contributed by atoms with Crippen LogP contribution in [0.1, 0.15) is 25.0 Å². The molecular weight excluding hydrogens is 591 g/mol. The van der Waals surface area contributed by atoms with Crippen molar-refractivity contribution in [2.75, 3.05) is 0 Å². The third-order valence-electron chi connectivity index (χ3n) is 10.0. The van der Waals surface area contributed by atoms with Crippen LogP contribution in [0, 0.1) is 0 Å². The summed E-state index contributed by atoms with van der Waals surface area (Å²) < 4.78 is 4.85. The van der Waals surface area contributed by atoms with Crippen LogP contribution in [-0.2, 0) is 5.41 Å². The second kappa shape index (κ2) is 9.71. The highest BCUT2D eigenvalue weighted by atomic mass is 32.1. The van der Waals surface area contributed by atoms with E-state index in [1.165, 1.54) is 53.2 Å². The Morgan fingerprint density at radius 3 is 2.15 bits per heavy atom. The molecular formula is C43H29N3S. The number of nitrogens with zero attached hydrogens (tertiary/aromatic N) is 3. The van der Waals surface area contributed by atoms with Crippen molar-refractivity contribution < 1.29 is 0 Å². The Kier molecular flexibility index (Phi) is 5.50. The third kappa shape index (κ3) is 3.73. The van der Waals surface area contributed by atoms with Gasteiger partial charge in [0.2, 0.25) is 5.95 Å². The van der Waals surface area contributed by atoms with Crippen LogP contribution in [0.5, 0.6) is 0 Å². The van der Waals surface area contributed by atoms with Gasteiger partial charge < -0.3 is 0 Å². The summed E-state index contributed by atoms with van der Waals surface area (Å²) in [5.41, 5.74) is 11.4. The number of rotatable bonds is 3. The average molecular weight is 620 g/mol. The van der Waals surface area contributed by atoms with Gasteiger partial charge in [0.15, 0.2) is 0 Å². The van der Waals surface area contributed by atoms with Crippen molar-refractivity contribution in [1.82, 2.24) is 14.5 Å². The monoisotopic (exact) mass is 619 g/mol. The van der Waals surface area contributed by atoms with Crippen molar-refractivity contribution in [1.29, 1.82) is 0 Å². The normalized spacial score (nSPS) is 13.5. The van der Waals surface area contributed by atoms with Crippen LogP contribution < -0.4 is 0 Å². The number of para-hydroxylation sites is 1. The molecule has 3 heterocycles. The summed E-state index contributed by atoms with van der Waals surface area (Å²) in [6.45, 7) is 4.68. The molecule has 3 aromatic heterocycles. The fourth-order valence-electron chi connectivity index (χ4n) is 7.83. The summed E-state index contributed by atoms with van der Waals surface area (Å²) in [7, 11) is 0. The van der Waals surface area contributed by atoms with Crippen molar-refractivity contribution >= 4 is 53.3 Å². The van der Waals surface area contributed by atoms with E-state index in [2.05, 4.69) is 158 Å². The largest absolute Gasteiger partial charge is 0.277 e. The van der Waals surface area contributed by atoms with Crippen molar-refractivity contribution in [3.05, 3.63) is 151 Å². The van der Waals surface area contributed by atoms with Gasteiger partial charge in [-0.1, -0.05) is 135 Å². The zero-order valence-electron chi connectivity index (χ0n) is 26.0. The predicted octanol–water partition coefficient (Wildman–Crippen LogP) is 11.6. The van der Waals surface area contributed by atoms with Gasteiger partial charge in [-0.05, 0) is 34.9 Å². The Bertz CT molecular complexity index is 2710. The number of hydrogen-bond acceptors (Lipinski definition) is 3. The molecule has 10 rings (SSSR count). The molecule has 0 aliphatic heterocycles. The fraction of sp³-hybridized carbons (Fsp3) is 0.0698. The van der Waals surface area contributed by atoms with Gasteiger partial charge in [0.05, 0.1) is 22.4 Å². The maximum Gasteiger partial charge on any atom is 0.235 e. The minimum atomic E-state index is -0.115. The van der Waals surface area contributed by atoms with Crippen LogP contribution in [0.15, 0.2) is 140 Å². The van der Waals surface area contributed by atoms with Crippen molar-refractivity contribution in [2.24, 2.45) is 0 Å². The molecule has 9 aromatic rings. The van der Waals surface area contributed by atoms with Crippen LogP contribution >= 0.6 is 11.3 Å². The topological polar surface area (TPSA) is 30.7 Å². The van der Waals surface area contributed by atoms with Crippen LogP contribution in [0.3, 0.4) is 0 Å². The molecule has 222 valence electrons. The maximum absolute atomic E-state index is 5.47. The molecule has 0 bridgehead atoms. The molecule has 1 aliphatic rings. The summed E-state index contributed by atoms with van der Waals surface area (Å²) in [6, 6.07) is 50.1. The van der Waals surface area contributed by atoms with Gasteiger partial charge in [0, 0.05) is 53.1 Å². The van der Waals surface area contributed by atoms with E-state index in [4.69, 9.17) is 9.97 Å². The standard InChI is InChI=1S/C43H29N3S/c1-43(2)33-20-9-6-17-31(33)39-34(43)24-23-29-27-15-7-10-21-37(27)46(40(29)39)42-44-35(26-13-4-3-5-14-26)25-36(45-42)32-19-12-18-30-28-16-8-11-22-38(28)47-41(30)32/h3-25H,1-2H3. The average Bonchev–Trinajstić information content (AvgIpc) is 3.74. The molecule has 0 spiro atoms. The second-order valence-electron chi connectivity index (χ2n) is 13.0. The molecule has 0 N–H and O–H groups in total. The first kappa shape index (κ1) is 26.6. The van der Waals surface area contributed by atoms with Crippen LogP contribution in [-0.4, -0.2) is 14.5 Å². The SMILES string of the molecule is CC1(C)c2ccccc2-c2c1ccc1c3ccccc3n(-c3nc(-c4ccccc4)cc(-c4cccc5c4sc4ccccc45)n3)c21. The van der Waals surface area contributed by atoms with Crippen molar-refractivity contribution in [2.45, 2.75) is 19.3 Å². The number of aromatic nitrogens is 3. The maximum atomic E-state index is 5.47. The predicted molar refractivity (Wildman–Crippen MR) is 198 cm³/mol. The van der Waals surface area contributed by atoms with Crippen LogP contribution in [0.2, 0.25) is 0 Å². The summed E-state index contributed by atoms with van der Waals surface area (Å²) in [5, 5.41) is 4.97. The van der Waals surface area contributed by atoms with E-state index in [1.807, 2.05) is 11.3 Å². The summed E-state index contributed by atoms with van der Waals surface area (Å²) in [6.07, 6.45) is 0. The first-order valence-corrected chi connectivity index (χ1v) is 16.9. The van der Waals surface area contributed by atoms with Gasteiger partial charge >= 0.3 is 0 Å². The highest BCUT2D eigenvalue weighted by Crippen LogP contribution is 2.52. The molecule has 4 heteroatoms. The molecule has 6 aromatic carbocycles. The van der Waals surface area contributed by atoms with E-state index >= 15 is 0 Å². The van der Waals surface area contributed by atoms with E-state index < -0.39 is 0 Å². The molecule has 3 nitrogen and oxygen atoms in total. The number of fused-ring (bicyclic) bond motifs is 10. The first-order chi connectivity index (χ1) is 23.1. The van der Waals surface area contributed by atoms with Crippen molar-refractivity contribution in [3.63, 3.8) is 0 Å². The minimum absolute atomic E-state index is 0.115. The van der Waals surface area contributed by atoms with Crippen LogP contribution in [0.4, 0.5) is 0 Å². The molecule has 0 saturated carbocycles. The Hall–Kier alpha value is -5.58. The van der Waals surface area contributed by atoms with Gasteiger partial charge in [-0.2, -0.15) is 0 Å². The molecule has 1 aliphatic carbocycles. The zero-order chi connectivity index (χ0) is 31.3. The third-order valence-corrected chi connectivity index (χ3v) is 11.3. The lowest BCUT2D eigenvalue weighted by Gasteiger charge is -2.21. The highest BCUT2D eigenvalue weighted by Gasteiger charge is 2.37. The zero-order valence-corrected chi connectivity index (χ0v) is 26.8. The van der Waals surface area contributed by atoms with Crippen molar-refractivity contribution in [3.8, 4) is 39.6 Å². The number of benzene rings is 6. The lowest BCUT2D eigenvalue weighted by Crippen LogP contribution is -2.14.